The van der Waals surface area contributed by atoms with E-state index in [2.05, 4.69) is 28.5 Å². The Kier molecular flexibility index (Phi) is 8.59. The molecule has 1 aliphatic carbocycles. The van der Waals surface area contributed by atoms with E-state index in [0.29, 0.717) is 51.7 Å². The molecule has 3 rings (SSSR count). The summed E-state index contributed by atoms with van der Waals surface area (Å²) in [6.07, 6.45) is 5.11. The van der Waals surface area contributed by atoms with Gasteiger partial charge in [0, 0.05) is 19.1 Å². The number of hydrogen-bond acceptors (Lipinski definition) is 7. The second kappa shape index (κ2) is 11.0. The molecule has 2 amide bonds. The number of hydroxylamine groups is 2. The summed E-state index contributed by atoms with van der Waals surface area (Å²) in [5, 5.41) is 17.3. The molecular weight excluding hydrogens is 422 g/mol. The number of nitrogens with one attached hydrogen (secondary N) is 2. The number of rotatable bonds is 6. The fourth-order valence-electron chi connectivity index (χ4n) is 5.05. The lowest BCUT2D eigenvalue weighted by atomic mass is 9.86. The predicted octanol–water partition coefficient (Wildman–Crippen LogP) is 2.43. The van der Waals surface area contributed by atoms with Gasteiger partial charge in [-0.15, -0.1) is 5.06 Å². The van der Waals surface area contributed by atoms with E-state index in [1.807, 2.05) is 20.8 Å². The molecule has 2 aliphatic heterocycles. The fourth-order valence-corrected chi connectivity index (χ4v) is 5.05. The molecule has 3 fully saturated rings. The number of likely N-dealkylation sites (tertiary alicyclic amines) is 1. The molecule has 2 heterocycles. The Bertz CT molecular complexity index is 719. The molecule has 0 radical (unpaired) electrons. The Hall–Kier alpha value is -1.89. The Labute approximate surface area is 198 Å². The molecule has 0 bridgehead atoms. The molecule has 0 aromatic heterocycles. The minimum absolute atomic E-state index is 0.200. The number of nitrogens with zero attached hydrogens (tertiary/aromatic N) is 3. The Morgan fingerprint density at radius 2 is 1.85 bits per heavy atom. The fraction of sp³-hybridized carbons (Fsp3) is 0.875. The number of carbonyl (C=O) groups excluding carboxylic acids is 2. The second-order valence-corrected chi connectivity index (χ2v) is 11.2. The number of nitriles is 1. The highest BCUT2D eigenvalue weighted by Crippen LogP contribution is 2.32. The summed E-state index contributed by atoms with van der Waals surface area (Å²) in [6.45, 7) is 11.7. The van der Waals surface area contributed by atoms with Gasteiger partial charge in [0.25, 0.3) is 0 Å². The minimum Gasteiger partial charge on any atom is -0.379 e. The monoisotopic (exact) mass is 463 g/mol. The van der Waals surface area contributed by atoms with Crippen LogP contribution in [0.15, 0.2) is 0 Å². The molecule has 9 nitrogen and oxygen atoms in total. The summed E-state index contributed by atoms with van der Waals surface area (Å²) in [7, 11) is 0. The van der Waals surface area contributed by atoms with E-state index >= 15 is 0 Å². The van der Waals surface area contributed by atoms with Gasteiger partial charge in [0.1, 0.15) is 11.6 Å². The first-order valence-corrected chi connectivity index (χ1v) is 12.4. The van der Waals surface area contributed by atoms with E-state index in [1.165, 1.54) is 12.8 Å². The summed E-state index contributed by atoms with van der Waals surface area (Å²) < 4.78 is 5.27. The molecule has 0 aromatic carbocycles. The van der Waals surface area contributed by atoms with Crippen molar-refractivity contribution in [3.63, 3.8) is 0 Å². The van der Waals surface area contributed by atoms with E-state index in [1.54, 1.807) is 5.06 Å². The molecule has 2 atom stereocenters. The van der Waals surface area contributed by atoms with Crippen molar-refractivity contribution in [3.8, 4) is 6.07 Å². The van der Waals surface area contributed by atoms with Gasteiger partial charge in [-0.3, -0.25) is 9.69 Å². The molecule has 33 heavy (non-hydrogen) atoms. The van der Waals surface area contributed by atoms with Crippen molar-refractivity contribution in [2.45, 2.75) is 83.8 Å². The Morgan fingerprint density at radius 3 is 2.45 bits per heavy atom. The Balaban J connectivity index is 1.61. The van der Waals surface area contributed by atoms with Crippen LogP contribution >= 0.6 is 0 Å². The molecule has 1 saturated carbocycles. The highest BCUT2D eigenvalue weighted by molar-refractivity contribution is 5.86. The molecule has 2 saturated heterocycles. The van der Waals surface area contributed by atoms with E-state index < -0.39 is 17.7 Å². The third-order valence-corrected chi connectivity index (χ3v) is 6.98. The van der Waals surface area contributed by atoms with Crippen molar-refractivity contribution >= 4 is 12.0 Å². The van der Waals surface area contributed by atoms with Crippen LogP contribution in [0.5, 0.6) is 0 Å². The van der Waals surface area contributed by atoms with Gasteiger partial charge in [0.2, 0.25) is 5.91 Å². The number of carbonyl (C=O) groups is 2. The first kappa shape index (κ1) is 25.7. The van der Waals surface area contributed by atoms with E-state index in [0.717, 1.165) is 25.3 Å². The van der Waals surface area contributed by atoms with Gasteiger partial charge in [-0.2, -0.15) is 5.26 Å². The van der Waals surface area contributed by atoms with Crippen LogP contribution in [0.3, 0.4) is 0 Å². The molecule has 0 aromatic rings. The predicted molar refractivity (Wildman–Crippen MR) is 124 cm³/mol. The maximum atomic E-state index is 13.3. The van der Waals surface area contributed by atoms with Gasteiger partial charge in [-0.25, -0.2) is 4.79 Å². The van der Waals surface area contributed by atoms with Gasteiger partial charge in [0.15, 0.2) is 0 Å². The van der Waals surface area contributed by atoms with E-state index in [-0.39, 0.29) is 11.3 Å². The highest BCUT2D eigenvalue weighted by Gasteiger charge is 2.44. The quantitative estimate of drug-likeness (QED) is 0.623. The van der Waals surface area contributed by atoms with Crippen LogP contribution < -0.4 is 10.6 Å². The van der Waals surface area contributed by atoms with Crippen LogP contribution in [-0.4, -0.2) is 79.0 Å². The first-order valence-electron chi connectivity index (χ1n) is 12.4. The first-order chi connectivity index (χ1) is 15.6. The van der Waals surface area contributed by atoms with Gasteiger partial charge in [-0.05, 0) is 49.9 Å². The van der Waals surface area contributed by atoms with E-state index in [4.69, 9.17) is 9.57 Å². The summed E-state index contributed by atoms with van der Waals surface area (Å²) in [5.41, 5.74) is -1.12. The van der Waals surface area contributed by atoms with Crippen molar-refractivity contribution in [3.05, 3.63) is 0 Å². The van der Waals surface area contributed by atoms with Crippen LogP contribution in [0, 0.1) is 22.7 Å². The molecule has 0 spiro atoms. The van der Waals surface area contributed by atoms with Crippen molar-refractivity contribution in [1.29, 1.82) is 5.26 Å². The summed E-state index contributed by atoms with van der Waals surface area (Å²) in [5.74, 6) is 0.440. The average Bonchev–Trinajstić information content (AvgIpc) is 3.18. The van der Waals surface area contributed by atoms with Gasteiger partial charge in [-0.1, -0.05) is 27.7 Å². The highest BCUT2D eigenvalue weighted by atomic mass is 16.7. The van der Waals surface area contributed by atoms with Crippen molar-refractivity contribution in [2.75, 3.05) is 39.4 Å². The number of hydrogen-bond donors (Lipinski definition) is 2. The molecular formula is C24H41N5O4. The normalized spacial score (nSPS) is 30.3. The number of morpholine rings is 1. The topological polar surface area (TPSA) is 107 Å². The summed E-state index contributed by atoms with van der Waals surface area (Å²) >= 11 is 0. The largest absolute Gasteiger partial charge is 0.426 e. The summed E-state index contributed by atoms with van der Waals surface area (Å²) in [6, 6.07) is 2.09. The van der Waals surface area contributed by atoms with Gasteiger partial charge >= 0.3 is 6.09 Å². The smallest absolute Gasteiger partial charge is 0.379 e. The van der Waals surface area contributed by atoms with E-state index in [9.17, 15) is 14.9 Å². The standard InChI is InChI=1S/C24H41N5O4/c1-18-5-7-19(8-6-18)28-10-9-24(16-25,17-28)27-21(30)20(15-23(2,3)4)26-22(31)33-29-11-13-32-14-12-29/h18-20H,5-15,17H2,1-4H3,(H,26,31)(H,27,30). The molecule has 3 aliphatic rings. The van der Waals surface area contributed by atoms with Crippen LogP contribution in [0.4, 0.5) is 4.79 Å². The lowest BCUT2D eigenvalue weighted by Gasteiger charge is -2.34. The zero-order chi connectivity index (χ0) is 24.1. The second-order valence-electron chi connectivity index (χ2n) is 11.2. The third kappa shape index (κ3) is 7.56. The maximum Gasteiger partial charge on any atom is 0.426 e. The van der Waals surface area contributed by atoms with Crippen molar-refractivity contribution < 1.29 is 19.2 Å². The average molecular weight is 464 g/mol. The van der Waals surface area contributed by atoms with Crippen LogP contribution in [0.2, 0.25) is 0 Å². The third-order valence-electron chi connectivity index (χ3n) is 6.98. The zero-order valence-corrected chi connectivity index (χ0v) is 20.7. The van der Waals surface area contributed by atoms with Crippen molar-refractivity contribution in [1.82, 2.24) is 20.6 Å². The van der Waals surface area contributed by atoms with Gasteiger partial charge < -0.3 is 20.2 Å². The lowest BCUT2D eigenvalue weighted by Crippen LogP contribution is -2.57. The number of amides is 2. The minimum atomic E-state index is -0.925. The molecule has 2 unspecified atom stereocenters. The van der Waals surface area contributed by atoms with Crippen LogP contribution in [-0.2, 0) is 14.4 Å². The summed E-state index contributed by atoms with van der Waals surface area (Å²) in [4.78, 5) is 33.6. The number of ether oxygens (including phenoxy) is 1. The molecule has 186 valence electrons. The van der Waals surface area contributed by atoms with Crippen molar-refractivity contribution in [2.24, 2.45) is 11.3 Å². The molecule has 9 heteroatoms. The molecule has 2 N–H and O–H groups in total. The van der Waals surface area contributed by atoms with Gasteiger partial charge in [0.05, 0.1) is 32.4 Å². The van der Waals surface area contributed by atoms with Crippen LogP contribution in [0.25, 0.3) is 0 Å². The lowest BCUT2D eigenvalue weighted by molar-refractivity contribution is -0.147. The van der Waals surface area contributed by atoms with Crippen LogP contribution in [0.1, 0.15) is 66.2 Å². The Morgan fingerprint density at radius 1 is 1.18 bits per heavy atom. The zero-order valence-electron chi connectivity index (χ0n) is 20.7. The SMILES string of the molecule is CC1CCC(N2CCC(C#N)(NC(=O)C(CC(C)(C)C)NC(=O)ON3CCOCC3)C2)CC1. The maximum absolute atomic E-state index is 13.3.